The molecule has 0 radical (unpaired) electrons. The van der Waals surface area contributed by atoms with E-state index in [0.717, 1.165) is 14.5 Å². The molecule has 1 aromatic carbocycles. The predicted octanol–water partition coefficient (Wildman–Crippen LogP) is 1.46. The van der Waals surface area contributed by atoms with Gasteiger partial charge in [-0.05, 0) is 34.7 Å². The third kappa shape index (κ3) is 0.973. The van der Waals surface area contributed by atoms with Crippen molar-refractivity contribution in [3.05, 3.63) is 32.1 Å². The van der Waals surface area contributed by atoms with Gasteiger partial charge in [-0.1, -0.05) is 6.07 Å². The Morgan fingerprint density at radius 1 is 1.27 bits per heavy atom. The zero-order valence-electron chi connectivity index (χ0n) is 5.52. The standard InChI is InChI=1S/C7H5IN2O/c8-5-3-1-2-4-6(5)9-10-7(4)11/h1-3H,(H2,9,10,11). The Morgan fingerprint density at radius 3 is 2.82 bits per heavy atom. The summed E-state index contributed by atoms with van der Waals surface area (Å²) in [5.41, 5.74) is 0.830. The molecule has 2 aromatic rings. The van der Waals surface area contributed by atoms with E-state index >= 15 is 0 Å². The van der Waals surface area contributed by atoms with Crippen molar-refractivity contribution in [3.63, 3.8) is 0 Å². The first kappa shape index (κ1) is 6.90. The van der Waals surface area contributed by atoms with Crippen LogP contribution in [-0.2, 0) is 0 Å². The molecule has 0 amide bonds. The first-order valence-electron chi connectivity index (χ1n) is 3.14. The highest BCUT2D eigenvalue weighted by Gasteiger charge is 2.01. The number of benzene rings is 1. The lowest BCUT2D eigenvalue weighted by molar-refractivity contribution is 1.08. The van der Waals surface area contributed by atoms with Crippen LogP contribution in [0.5, 0.6) is 0 Å². The number of para-hydroxylation sites is 1. The van der Waals surface area contributed by atoms with Gasteiger partial charge < -0.3 is 0 Å². The summed E-state index contributed by atoms with van der Waals surface area (Å²) in [7, 11) is 0. The first-order valence-corrected chi connectivity index (χ1v) is 4.22. The molecule has 0 fully saturated rings. The molecule has 0 spiro atoms. The smallest absolute Gasteiger partial charge is 0.271 e. The van der Waals surface area contributed by atoms with Crippen molar-refractivity contribution >= 4 is 33.5 Å². The molecule has 11 heavy (non-hydrogen) atoms. The molecule has 1 aromatic heterocycles. The molecular formula is C7H5IN2O. The SMILES string of the molecule is O=c1[nH][nH]c2c(I)cccc12. The second-order valence-electron chi connectivity index (χ2n) is 2.24. The third-order valence-corrected chi connectivity index (χ3v) is 2.46. The number of hydrogen-bond acceptors (Lipinski definition) is 1. The lowest BCUT2D eigenvalue weighted by Gasteiger charge is -1.88. The van der Waals surface area contributed by atoms with Gasteiger partial charge in [-0.25, -0.2) is 0 Å². The van der Waals surface area contributed by atoms with Gasteiger partial charge in [0.2, 0.25) is 0 Å². The average molecular weight is 260 g/mol. The summed E-state index contributed by atoms with van der Waals surface area (Å²) in [4.78, 5) is 11.0. The Bertz CT molecular complexity index is 443. The van der Waals surface area contributed by atoms with Gasteiger partial charge >= 0.3 is 0 Å². The molecule has 0 aliphatic carbocycles. The Hall–Kier alpha value is -0.780. The highest BCUT2D eigenvalue weighted by atomic mass is 127. The van der Waals surface area contributed by atoms with E-state index in [1.807, 2.05) is 12.1 Å². The summed E-state index contributed by atoms with van der Waals surface area (Å²) in [6, 6.07) is 5.62. The molecule has 2 rings (SSSR count). The number of aromatic amines is 2. The van der Waals surface area contributed by atoms with Crippen molar-refractivity contribution in [1.29, 1.82) is 0 Å². The maximum atomic E-state index is 11.0. The Kier molecular flexibility index (Phi) is 1.49. The molecule has 56 valence electrons. The molecule has 3 nitrogen and oxygen atoms in total. The van der Waals surface area contributed by atoms with Crippen molar-refractivity contribution in [2.75, 3.05) is 0 Å². The zero-order valence-corrected chi connectivity index (χ0v) is 7.68. The fourth-order valence-corrected chi connectivity index (χ4v) is 1.66. The molecule has 0 atom stereocenters. The maximum absolute atomic E-state index is 11.0. The van der Waals surface area contributed by atoms with Gasteiger partial charge in [0, 0.05) is 3.57 Å². The number of rotatable bonds is 0. The highest BCUT2D eigenvalue weighted by molar-refractivity contribution is 14.1. The molecule has 4 heteroatoms. The molecule has 0 saturated heterocycles. The third-order valence-electron chi connectivity index (χ3n) is 1.56. The van der Waals surface area contributed by atoms with Crippen molar-refractivity contribution in [1.82, 2.24) is 10.2 Å². The molecule has 2 N–H and O–H groups in total. The van der Waals surface area contributed by atoms with Crippen LogP contribution in [0.25, 0.3) is 10.9 Å². The number of hydrogen-bond donors (Lipinski definition) is 2. The molecule has 0 saturated carbocycles. The summed E-state index contributed by atoms with van der Waals surface area (Å²) in [5.74, 6) is 0. The Balaban J connectivity index is 3.06. The first-order chi connectivity index (χ1) is 5.29. The van der Waals surface area contributed by atoms with Gasteiger partial charge in [0.15, 0.2) is 0 Å². The molecule has 0 unspecified atom stereocenters. The zero-order chi connectivity index (χ0) is 7.84. The van der Waals surface area contributed by atoms with Crippen LogP contribution in [-0.4, -0.2) is 10.2 Å². The molecule has 0 aliphatic rings. The van der Waals surface area contributed by atoms with E-state index < -0.39 is 0 Å². The van der Waals surface area contributed by atoms with Crippen molar-refractivity contribution in [2.45, 2.75) is 0 Å². The maximum Gasteiger partial charge on any atom is 0.271 e. The van der Waals surface area contributed by atoms with Crippen molar-refractivity contribution in [2.24, 2.45) is 0 Å². The van der Waals surface area contributed by atoms with Crippen LogP contribution in [0.4, 0.5) is 0 Å². The van der Waals surface area contributed by atoms with E-state index in [1.165, 1.54) is 0 Å². The number of halogens is 1. The Labute approximate surface area is 75.9 Å². The normalized spacial score (nSPS) is 10.6. The fraction of sp³-hybridized carbons (Fsp3) is 0. The quantitative estimate of drug-likeness (QED) is 0.692. The predicted molar refractivity (Wildman–Crippen MR) is 51.6 cm³/mol. The topological polar surface area (TPSA) is 48.6 Å². The van der Waals surface area contributed by atoms with E-state index in [0.29, 0.717) is 0 Å². The second kappa shape index (κ2) is 2.37. The van der Waals surface area contributed by atoms with Gasteiger partial charge in [0.25, 0.3) is 5.56 Å². The number of fused-ring (bicyclic) bond motifs is 1. The minimum absolute atomic E-state index is 0.0569. The van der Waals surface area contributed by atoms with Gasteiger partial charge in [-0.15, -0.1) is 0 Å². The number of H-pyrrole nitrogens is 2. The molecule has 0 aliphatic heterocycles. The van der Waals surface area contributed by atoms with E-state index in [-0.39, 0.29) is 5.56 Å². The van der Waals surface area contributed by atoms with Gasteiger partial charge in [-0.2, -0.15) is 0 Å². The van der Waals surface area contributed by atoms with Crippen LogP contribution in [0, 0.1) is 3.57 Å². The fourth-order valence-electron chi connectivity index (χ4n) is 1.03. The second-order valence-corrected chi connectivity index (χ2v) is 3.40. The average Bonchev–Trinajstić information content (AvgIpc) is 2.35. The lowest BCUT2D eigenvalue weighted by Crippen LogP contribution is -1.96. The van der Waals surface area contributed by atoms with E-state index in [1.54, 1.807) is 6.07 Å². The monoisotopic (exact) mass is 260 g/mol. The van der Waals surface area contributed by atoms with Crippen LogP contribution in [0.1, 0.15) is 0 Å². The highest BCUT2D eigenvalue weighted by Crippen LogP contribution is 2.13. The van der Waals surface area contributed by atoms with Crippen molar-refractivity contribution < 1.29 is 0 Å². The lowest BCUT2D eigenvalue weighted by atomic mass is 10.3. The van der Waals surface area contributed by atoms with Gasteiger partial charge in [-0.3, -0.25) is 15.0 Å². The number of aromatic nitrogens is 2. The largest absolute Gasteiger partial charge is 0.296 e. The van der Waals surface area contributed by atoms with Crippen LogP contribution in [0.15, 0.2) is 23.0 Å². The summed E-state index contributed by atoms with van der Waals surface area (Å²) >= 11 is 2.18. The minimum atomic E-state index is -0.0569. The summed E-state index contributed by atoms with van der Waals surface area (Å²) in [5, 5.41) is 6.06. The molecular weight excluding hydrogens is 255 g/mol. The Morgan fingerprint density at radius 2 is 2.09 bits per heavy atom. The summed E-state index contributed by atoms with van der Waals surface area (Å²) in [6.45, 7) is 0. The van der Waals surface area contributed by atoms with E-state index in [2.05, 4.69) is 32.8 Å². The van der Waals surface area contributed by atoms with Crippen LogP contribution < -0.4 is 5.56 Å². The van der Waals surface area contributed by atoms with Crippen LogP contribution in [0.2, 0.25) is 0 Å². The minimum Gasteiger partial charge on any atom is -0.296 e. The van der Waals surface area contributed by atoms with Crippen molar-refractivity contribution in [3.8, 4) is 0 Å². The molecule has 0 bridgehead atoms. The van der Waals surface area contributed by atoms with Crippen LogP contribution >= 0.6 is 22.6 Å². The van der Waals surface area contributed by atoms with Gasteiger partial charge in [0.1, 0.15) is 0 Å². The van der Waals surface area contributed by atoms with Gasteiger partial charge in [0.05, 0.1) is 10.9 Å². The molecule has 1 heterocycles. The summed E-state index contributed by atoms with van der Waals surface area (Å²) < 4.78 is 1.05. The number of nitrogens with one attached hydrogen (secondary N) is 2. The van der Waals surface area contributed by atoms with E-state index in [4.69, 9.17) is 0 Å². The van der Waals surface area contributed by atoms with Crippen LogP contribution in [0.3, 0.4) is 0 Å². The summed E-state index contributed by atoms with van der Waals surface area (Å²) in [6.07, 6.45) is 0. The van der Waals surface area contributed by atoms with E-state index in [9.17, 15) is 4.79 Å².